The first-order chi connectivity index (χ1) is 8.24. The molecule has 0 radical (unpaired) electrons. The van der Waals surface area contributed by atoms with Crippen molar-refractivity contribution < 1.29 is 0 Å². The van der Waals surface area contributed by atoms with Crippen LogP contribution in [0.1, 0.15) is 16.8 Å². The lowest BCUT2D eigenvalue weighted by molar-refractivity contribution is 0.641. The molecule has 0 aliphatic carbocycles. The van der Waals surface area contributed by atoms with Gasteiger partial charge < -0.3 is 0 Å². The second-order valence-electron chi connectivity index (χ2n) is 4.16. The highest BCUT2D eigenvalue weighted by atomic mass is 32.2. The number of hydrogen-bond donors (Lipinski definition) is 0. The summed E-state index contributed by atoms with van der Waals surface area (Å²) in [4.78, 5) is 16.4. The van der Waals surface area contributed by atoms with Crippen LogP contribution in [-0.4, -0.2) is 9.55 Å². The highest BCUT2D eigenvalue weighted by Crippen LogP contribution is 2.27. The number of nitrogens with zero attached hydrogens (tertiary/aromatic N) is 2. The molecule has 0 N–H and O–H groups in total. The van der Waals surface area contributed by atoms with Crippen LogP contribution >= 0.6 is 11.8 Å². The number of rotatable bonds is 0. The Morgan fingerprint density at radius 3 is 2.88 bits per heavy atom. The first kappa shape index (κ1) is 10.6. The molecule has 0 amide bonds. The van der Waals surface area contributed by atoms with Crippen LogP contribution in [0.3, 0.4) is 0 Å². The van der Waals surface area contributed by atoms with Crippen LogP contribution in [0.2, 0.25) is 0 Å². The average Bonchev–Trinajstić information content (AvgIpc) is 2.49. The largest absolute Gasteiger partial charge is 0.283 e. The molecular weight excluding hydrogens is 232 g/mol. The van der Waals surface area contributed by atoms with Crippen molar-refractivity contribution in [1.82, 2.24) is 9.55 Å². The van der Waals surface area contributed by atoms with E-state index < -0.39 is 0 Å². The Kier molecular flexibility index (Phi) is 2.52. The Morgan fingerprint density at radius 2 is 2.06 bits per heavy atom. The lowest BCUT2D eigenvalue weighted by Gasteiger charge is -2.08. The topological polar surface area (TPSA) is 34.9 Å². The van der Waals surface area contributed by atoms with Crippen molar-refractivity contribution >= 4 is 11.8 Å². The monoisotopic (exact) mass is 244 g/mol. The van der Waals surface area contributed by atoms with E-state index in [4.69, 9.17) is 0 Å². The van der Waals surface area contributed by atoms with Gasteiger partial charge in [-0.1, -0.05) is 36.0 Å². The maximum absolute atomic E-state index is 12.0. The van der Waals surface area contributed by atoms with Gasteiger partial charge in [0, 0.05) is 17.5 Å². The van der Waals surface area contributed by atoms with Gasteiger partial charge in [-0.2, -0.15) is 0 Å². The van der Waals surface area contributed by atoms with Gasteiger partial charge in [-0.25, -0.2) is 4.98 Å². The summed E-state index contributed by atoms with van der Waals surface area (Å²) in [6.07, 6.45) is 0. The van der Waals surface area contributed by atoms with Crippen LogP contribution in [0.5, 0.6) is 0 Å². The maximum Gasteiger partial charge on any atom is 0.254 e. The van der Waals surface area contributed by atoms with E-state index in [-0.39, 0.29) is 5.56 Å². The minimum absolute atomic E-state index is 0.0386. The summed E-state index contributed by atoms with van der Waals surface area (Å²) < 4.78 is 1.75. The zero-order chi connectivity index (χ0) is 11.8. The van der Waals surface area contributed by atoms with E-state index in [9.17, 15) is 4.79 Å². The van der Waals surface area contributed by atoms with Crippen molar-refractivity contribution in [3.63, 3.8) is 0 Å². The molecule has 3 rings (SSSR count). The molecule has 0 saturated carbocycles. The summed E-state index contributed by atoms with van der Waals surface area (Å²) in [5.41, 5.74) is 3.34. The summed E-state index contributed by atoms with van der Waals surface area (Å²) in [5.74, 6) is 0.881. The molecule has 4 heteroatoms. The maximum atomic E-state index is 12.0. The highest BCUT2D eigenvalue weighted by Gasteiger charge is 2.15. The molecule has 0 spiro atoms. The third kappa shape index (κ3) is 1.89. The van der Waals surface area contributed by atoms with Gasteiger partial charge in [-0.3, -0.25) is 9.36 Å². The van der Waals surface area contributed by atoms with Crippen molar-refractivity contribution in [2.45, 2.75) is 24.4 Å². The SMILES string of the molecule is Cc1cc(=O)n2c(n1)SCc1ccccc1C2. The molecule has 0 saturated heterocycles. The molecule has 1 aliphatic rings. The van der Waals surface area contributed by atoms with Crippen molar-refractivity contribution in [2.24, 2.45) is 0 Å². The minimum atomic E-state index is 0.0386. The minimum Gasteiger partial charge on any atom is -0.283 e. The molecule has 0 atom stereocenters. The standard InChI is InChI=1S/C13H12N2OS/c1-9-6-12(16)15-7-10-4-2-3-5-11(10)8-17-13(15)14-9/h2-6H,7-8H2,1H3. The van der Waals surface area contributed by atoms with E-state index in [1.54, 1.807) is 22.4 Å². The fourth-order valence-electron chi connectivity index (χ4n) is 2.02. The van der Waals surface area contributed by atoms with E-state index in [1.807, 2.05) is 19.1 Å². The molecule has 2 heterocycles. The second-order valence-corrected chi connectivity index (χ2v) is 5.10. The molecule has 2 aromatic rings. The Bertz CT molecular complexity index is 634. The Labute approximate surface area is 104 Å². The van der Waals surface area contributed by atoms with Gasteiger partial charge in [0.1, 0.15) is 0 Å². The molecule has 0 fully saturated rings. The lowest BCUT2D eigenvalue weighted by Crippen LogP contribution is -2.22. The molecule has 0 unspecified atom stereocenters. The van der Waals surface area contributed by atoms with Crippen molar-refractivity contribution in [1.29, 1.82) is 0 Å². The second kappa shape index (κ2) is 4.04. The number of aromatic nitrogens is 2. The van der Waals surface area contributed by atoms with Gasteiger partial charge in [-0.05, 0) is 18.1 Å². The first-order valence-electron chi connectivity index (χ1n) is 5.52. The van der Waals surface area contributed by atoms with Crippen LogP contribution in [0.4, 0.5) is 0 Å². The van der Waals surface area contributed by atoms with E-state index in [0.29, 0.717) is 6.54 Å². The van der Waals surface area contributed by atoms with Crippen molar-refractivity contribution in [3.05, 3.63) is 57.5 Å². The van der Waals surface area contributed by atoms with Crippen LogP contribution in [0, 0.1) is 6.92 Å². The smallest absolute Gasteiger partial charge is 0.254 e. The van der Waals surface area contributed by atoms with Gasteiger partial charge in [0.15, 0.2) is 5.16 Å². The van der Waals surface area contributed by atoms with Gasteiger partial charge >= 0.3 is 0 Å². The van der Waals surface area contributed by atoms with Crippen LogP contribution in [-0.2, 0) is 12.3 Å². The number of aryl methyl sites for hydroxylation is 1. The fraction of sp³-hybridized carbons (Fsp3) is 0.231. The first-order valence-corrected chi connectivity index (χ1v) is 6.50. The Morgan fingerprint density at radius 1 is 1.29 bits per heavy atom. The predicted octanol–water partition coefficient (Wildman–Crippen LogP) is 2.21. The third-order valence-electron chi connectivity index (χ3n) is 2.90. The summed E-state index contributed by atoms with van der Waals surface area (Å²) in [6.45, 7) is 2.49. The van der Waals surface area contributed by atoms with E-state index >= 15 is 0 Å². The van der Waals surface area contributed by atoms with Crippen LogP contribution in [0.25, 0.3) is 0 Å². The molecule has 17 heavy (non-hydrogen) atoms. The summed E-state index contributed by atoms with van der Waals surface area (Å²) in [7, 11) is 0. The van der Waals surface area contributed by atoms with Gasteiger partial charge in [-0.15, -0.1) is 0 Å². The number of fused-ring (bicyclic) bond motifs is 2. The highest BCUT2D eigenvalue weighted by molar-refractivity contribution is 7.98. The molecule has 86 valence electrons. The van der Waals surface area contributed by atoms with Gasteiger partial charge in [0.25, 0.3) is 5.56 Å². The molecule has 3 nitrogen and oxygen atoms in total. The number of benzene rings is 1. The van der Waals surface area contributed by atoms with Gasteiger partial charge in [0.2, 0.25) is 0 Å². The molecule has 0 bridgehead atoms. The number of hydrogen-bond acceptors (Lipinski definition) is 3. The normalized spacial score (nSPS) is 13.7. The zero-order valence-electron chi connectivity index (χ0n) is 9.51. The third-order valence-corrected chi connectivity index (χ3v) is 3.93. The van der Waals surface area contributed by atoms with Crippen LogP contribution < -0.4 is 5.56 Å². The zero-order valence-corrected chi connectivity index (χ0v) is 10.3. The van der Waals surface area contributed by atoms with E-state index in [0.717, 1.165) is 16.6 Å². The van der Waals surface area contributed by atoms with Crippen LogP contribution in [0.15, 0.2) is 40.3 Å². The van der Waals surface area contributed by atoms with E-state index in [2.05, 4.69) is 17.1 Å². The molecule has 1 aromatic carbocycles. The summed E-state index contributed by atoms with van der Waals surface area (Å²) in [5, 5.41) is 0.825. The predicted molar refractivity (Wildman–Crippen MR) is 68.3 cm³/mol. The Hall–Kier alpha value is -1.55. The quantitative estimate of drug-likeness (QED) is 0.666. The van der Waals surface area contributed by atoms with Crippen molar-refractivity contribution in [2.75, 3.05) is 0 Å². The summed E-state index contributed by atoms with van der Waals surface area (Å²) >= 11 is 1.63. The summed E-state index contributed by atoms with van der Waals surface area (Å²) in [6, 6.07) is 9.85. The van der Waals surface area contributed by atoms with Gasteiger partial charge in [0.05, 0.1) is 6.54 Å². The Balaban J connectivity index is 2.17. The fourth-order valence-corrected chi connectivity index (χ4v) is 3.10. The lowest BCUT2D eigenvalue weighted by atomic mass is 10.1. The van der Waals surface area contributed by atoms with E-state index in [1.165, 1.54) is 11.1 Å². The average molecular weight is 244 g/mol. The van der Waals surface area contributed by atoms with Crippen molar-refractivity contribution in [3.8, 4) is 0 Å². The molecule has 1 aromatic heterocycles. The molecule has 1 aliphatic heterocycles. The number of thioether (sulfide) groups is 1. The molecular formula is C13H12N2OS.